The molecule has 3 N–H and O–H groups in total. The Kier molecular flexibility index (Phi) is 4.59. The summed E-state index contributed by atoms with van der Waals surface area (Å²) < 4.78 is 0. The first-order valence-corrected chi connectivity index (χ1v) is 6.65. The second-order valence-corrected chi connectivity index (χ2v) is 5.81. The molecule has 0 aliphatic heterocycles. The van der Waals surface area contributed by atoms with Crippen LogP contribution in [0.3, 0.4) is 0 Å². The Labute approximate surface area is 108 Å². The fourth-order valence-corrected chi connectivity index (χ4v) is 2.61. The molecule has 1 aliphatic rings. The standard InChI is InChI=1S/C13H24N2O3/c1-4-7-12(2,3)14-11(18)15-13(10(16)17)8-5-6-9-13/h4-9H2,1-3H3,(H,16,17)(H2,14,15,18). The molecule has 104 valence electrons. The van der Waals surface area contributed by atoms with Crippen molar-refractivity contribution in [3.8, 4) is 0 Å². The smallest absolute Gasteiger partial charge is 0.329 e. The van der Waals surface area contributed by atoms with E-state index in [1.165, 1.54) is 0 Å². The van der Waals surface area contributed by atoms with E-state index in [0.717, 1.165) is 25.7 Å². The van der Waals surface area contributed by atoms with Crippen LogP contribution in [0.1, 0.15) is 59.3 Å². The summed E-state index contributed by atoms with van der Waals surface area (Å²) in [6.45, 7) is 5.94. The summed E-state index contributed by atoms with van der Waals surface area (Å²) in [7, 11) is 0. The predicted octanol–water partition coefficient (Wildman–Crippen LogP) is 2.26. The maximum Gasteiger partial charge on any atom is 0.329 e. The lowest BCUT2D eigenvalue weighted by atomic mass is 9.97. The van der Waals surface area contributed by atoms with Crippen LogP contribution in [0.2, 0.25) is 0 Å². The van der Waals surface area contributed by atoms with Crippen molar-refractivity contribution in [3.05, 3.63) is 0 Å². The van der Waals surface area contributed by atoms with E-state index in [2.05, 4.69) is 17.6 Å². The minimum atomic E-state index is -1.06. The molecule has 0 aromatic carbocycles. The van der Waals surface area contributed by atoms with E-state index >= 15 is 0 Å². The van der Waals surface area contributed by atoms with Gasteiger partial charge in [0.2, 0.25) is 0 Å². The zero-order valence-corrected chi connectivity index (χ0v) is 11.5. The lowest BCUT2D eigenvalue weighted by Gasteiger charge is -2.30. The molecule has 18 heavy (non-hydrogen) atoms. The van der Waals surface area contributed by atoms with Crippen molar-refractivity contribution < 1.29 is 14.7 Å². The molecule has 1 saturated carbocycles. The molecule has 1 rings (SSSR count). The van der Waals surface area contributed by atoms with Crippen molar-refractivity contribution in [1.29, 1.82) is 0 Å². The van der Waals surface area contributed by atoms with Gasteiger partial charge in [0.15, 0.2) is 0 Å². The fraction of sp³-hybridized carbons (Fsp3) is 0.846. The molecule has 0 bridgehead atoms. The quantitative estimate of drug-likeness (QED) is 0.706. The SMILES string of the molecule is CCCC(C)(C)NC(=O)NC1(C(=O)O)CCCC1. The number of aliphatic carboxylic acids is 1. The van der Waals surface area contributed by atoms with E-state index in [9.17, 15) is 14.7 Å². The molecule has 0 spiro atoms. The molecule has 0 atom stereocenters. The summed E-state index contributed by atoms with van der Waals surface area (Å²) in [5.74, 6) is -0.927. The normalized spacial score (nSPS) is 18.4. The summed E-state index contributed by atoms with van der Waals surface area (Å²) >= 11 is 0. The van der Waals surface area contributed by atoms with Gasteiger partial charge in [-0.15, -0.1) is 0 Å². The van der Waals surface area contributed by atoms with Crippen LogP contribution in [-0.4, -0.2) is 28.2 Å². The van der Waals surface area contributed by atoms with E-state index < -0.39 is 11.5 Å². The lowest BCUT2D eigenvalue weighted by molar-refractivity contribution is -0.144. The van der Waals surface area contributed by atoms with E-state index in [4.69, 9.17) is 0 Å². The number of carboxylic acids is 1. The van der Waals surface area contributed by atoms with Crippen LogP contribution < -0.4 is 10.6 Å². The monoisotopic (exact) mass is 256 g/mol. The van der Waals surface area contributed by atoms with Crippen molar-refractivity contribution in [3.63, 3.8) is 0 Å². The largest absolute Gasteiger partial charge is 0.480 e. The summed E-state index contributed by atoms with van der Waals surface area (Å²) in [4.78, 5) is 23.2. The summed E-state index contributed by atoms with van der Waals surface area (Å²) in [5, 5.41) is 14.8. The van der Waals surface area contributed by atoms with E-state index in [1.54, 1.807) is 0 Å². The van der Waals surface area contributed by atoms with Gasteiger partial charge in [0.1, 0.15) is 5.54 Å². The molecule has 0 unspecified atom stereocenters. The van der Waals surface area contributed by atoms with Gasteiger partial charge in [-0.1, -0.05) is 26.2 Å². The third-order valence-corrected chi connectivity index (χ3v) is 3.55. The Morgan fingerprint density at radius 3 is 2.28 bits per heavy atom. The molecule has 1 fully saturated rings. The zero-order valence-electron chi connectivity index (χ0n) is 11.5. The number of amides is 2. The van der Waals surface area contributed by atoms with Gasteiger partial charge >= 0.3 is 12.0 Å². The number of carboxylic acid groups (broad SMARTS) is 1. The maximum absolute atomic E-state index is 11.9. The number of rotatable bonds is 5. The fourth-order valence-electron chi connectivity index (χ4n) is 2.61. The molecular formula is C13H24N2O3. The minimum absolute atomic E-state index is 0.308. The number of hydrogen-bond donors (Lipinski definition) is 3. The van der Waals surface area contributed by atoms with Crippen LogP contribution in [0.5, 0.6) is 0 Å². The Hall–Kier alpha value is -1.26. The molecule has 0 saturated heterocycles. The maximum atomic E-state index is 11.9. The summed E-state index contributed by atoms with van der Waals surface area (Å²) in [6.07, 6.45) is 4.57. The van der Waals surface area contributed by atoms with Gasteiger partial charge in [-0.2, -0.15) is 0 Å². The highest BCUT2D eigenvalue weighted by Crippen LogP contribution is 2.29. The van der Waals surface area contributed by atoms with Crippen molar-refractivity contribution in [2.45, 2.75) is 70.4 Å². The molecule has 1 aliphatic carbocycles. The molecule has 5 nitrogen and oxygen atoms in total. The Balaban J connectivity index is 2.60. The van der Waals surface area contributed by atoms with Crippen molar-refractivity contribution in [2.24, 2.45) is 0 Å². The number of nitrogens with one attached hydrogen (secondary N) is 2. The van der Waals surface area contributed by atoms with Gasteiger partial charge in [-0.3, -0.25) is 0 Å². The van der Waals surface area contributed by atoms with Gasteiger partial charge in [0, 0.05) is 5.54 Å². The van der Waals surface area contributed by atoms with Crippen molar-refractivity contribution >= 4 is 12.0 Å². The lowest BCUT2D eigenvalue weighted by Crippen LogP contribution is -2.58. The van der Waals surface area contributed by atoms with Crippen LogP contribution >= 0.6 is 0 Å². The Morgan fingerprint density at radius 1 is 1.28 bits per heavy atom. The van der Waals surface area contributed by atoms with E-state index in [1.807, 2.05) is 13.8 Å². The number of carbonyl (C=O) groups excluding carboxylic acids is 1. The number of carbonyl (C=O) groups is 2. The third-order valence-electron chi connectivity index (χ3n) is 3.55. The first-order valence-electron chi connectivity index (χ1n) is 6.65. The predicted molar refractivity (Wildman–Crippen MR) is 69.5 cm³/mol. The second-order valence-electron chi connectivity index (χ2n) is 5.81. The van der Waals surface area contributed by atoms with Gasteiger partial charge < -0.3 is 15.7 Å². The molecule has 2 amide bonds. The zero-order chi connectivity index (χ0) is 13.8. The van der Waals surface area contributed by atoms with Crippen molar-refractivity contribution in [2.75, 3.05) is 0 Å². The molecular weight excluding hydrogens is 232 g/mol. The molecule has 0 aromatic heterocycles. The van der Waals surface area contributed by atoms with E-state index in [0.29, 0.717) is 12.8 Å². The van der Waals surface area contributed by atoms with Crippen LogP contribution in [0.25, 0.3) is 0 Å². The van der Waals surface area contributed by atoms with Crippen LogP contribution in [0.4, 0.5) is 4.79 Å². The number of urea groups is 1. The Bertz CT molecular complexity index is 320. The van der Waals surface area contributed by atoms with Gasteiger partial charge in [0.05, 0.1) is 0 Å². The van der Waals surface area contributed by atoms with Crippen LogP contribution in [0.15, 0.2) is 0 Å². The molecule has 0 radical (unpaired) electrons. The van der Waals surface area contributed by atoms with Crippen LogP contribution in [0, 0.1) is 0 Å². The third kappa shape index (κ3) is 3.62. The molecule has 5 heteroatoms. The van der Waals surface area contributed by atoms with Crippen LogP contribution in [-0.2, 0) is 4.79 Å². The van der Waals surface area contributed by atoms with Crippen molar-refractivity contribution in [1.82, 2.24) is 10.6 Å². The minimum Gasteiger partial charge on any atom is -0.480 e. The van der Waals surface area contributed by atoms with Gasteiger partial charge in [-0.05, 0) is 33.1 Å². The van der Waals surface area contributed by atoms with Gasteiger partial charge in [-0.25, -0.2) is 9.59 Å². The first-order chi connectivity index (χ1) is 8.31. The molecule has 0 heterocycles. The highest BCUT2D eigenvalue weighted by molar-refractivity contribution is 5.86. The van der Waals surface area contributed by atoms with Gasteiger partial charge in [0.25, 0.3) is 0 Å². The highest BCUT2D eigenvalue weighted by Gasteiger charge is 2.43. The topological polar surface area (TPSA) is 78.4 Å². The van der Waals surface area contributed by atoms with E-state index in [-0.39, 0.29) is 11.6 Å². The number of hydrogen-bond acceptors (Lipinski definition) is 2. The Morgan fingerprint density at radius 2 is 1.83 bits per heavy atom. The highest BCUT2D eigenvalue weighted by atomic mass is 16.4. The average molecular weight is 256 g/mol. The average Bonchev–Trinajstić information content (AvgIpc) is 2.65. The molecule has 0 aromatic rings. The summed E-state index contributed by atoms with van der Waals surface area (Å²) in [6, 6.07) is -0.377. The first kappa shape index (κ1) is 14.8. The second kappa shape index (κ2) is 5.59. The summed E-state index contributed by atoms with van der Waals surface area (Å²) in [5.41, 5.74) is -1.37.